The van der Waals surface area contributed by atoms with Gasteiger partial charge in [-0.25, -0.2) is 4.79 Å². The van der Waals surface area contributed by atoms with E-state index in [0.717, 1.165) is 24.5 Å². The van der Waals surface area contributed by atoms with Crippen LogP contribution in [-0.4, -0.2) is 129 Å². The predicted octanol–water partition coefficient (Wildman–Crippen LogP) is 4.41. The van der Waals surface area contributed by atoms with Gasteiger partial charge in [0.05, 0.1) is 47.2 Å². The second kappa shape index (κ2) is 21.3. The molecule has 0 amide bonds. The molecule has 0 bridgehead atoms. The average molecular weight is 824 g/mol. The Labute approximate surface area is 336 Å². The Morgan fingerprint density at radius 3 is 1.88 bits per heavy atom. The molecule has 298 valence electrons. The standard InChI is InChI=1S/C21H23NO6S.C20H23ClN2O3S/c23-10-7-22(8-11-24)9-12-27-20(25)14-28-15-5-6-19-17(13-15)21(26)16-3-1-2-4-18(16)29-19;1-22(8-9-23(10-12-24)11-13-25)16-7-6-15(21)18-19(26)14-4-2-3-5-17(14)27-20(16)18/h1-6,13,23-24H,7-12,14H2;2-7,24-25H,8-13H2,1H3. The molecule has 0 fully saturated rings. The highest BCUT2D eigenvalue weighted by atomic mass is 35.5. The molecule has 6 rings (SSSR count). The summed E-state index contributed by atoms with van der Waals surface area (Å²) >= 11 is 9.48. The Morgan fingerprint density at radius 1 is 0.661 bits per heavy atom. The fourth-order valence-corrected chi connectivity index (χ4v) is 8.77. The number of aliphatic hydroxyl groups excluding tert-OH is 4. The maximum Gasteiger partial charge on any atom is 0.344 e. The first-order valence-electron chi connectivity index (χ1n) is 18.2. The number of benzene rings is 4. The molecule has 4 N–H and O–H groups in total. The number of hydrogen-bond acceptors (Lipinski definition) is 14. The van der Waals surface area contributed by atoms with E-state index < -0.39 is 5.97 Å². The normalized spacial score (nSPS) is 11.4. The van der Waals surface area contributed by atoms with Gasteiger partial charge < -0.3 is 34.8 Å². The van der Waals surface area contributed by atoms with Crippen LogP contribution in [0.5, 0.6) is 5.75 Å². The summed E-state index contributed by atoms with van der Waals surface area (Å²) in [6.07, 6.45) is 0. The van der Waals surface area contributed by atoms with Gasteiger partial charge in [0.1, 0.15) is 12.4 Å². The molecule has 2 heterocycles. The van der Waals surface area contributed by atoms with Crippen LogP contribution >= 0.6 is 34.3 Å². The van der Waals surface area contributed by atoms with E-state index in [1.165, 1.54) is 11.3 Å². The molecule has 4 aromatic carbocycles. The van der Waals surface area contributed by atoms with Crippen molar-refractivity contribution in [2.45, 2.75) is 0 Å². The van der Waals surface area contributed by atoms with Gasteiger partial charge in [0.25, 0.3) is 0 Å². The molecule has 0 saturated heterocycles. The highest BCUT2D eigenvalue weighted by Crippen LogP contribution is 2.36. The predicted molar refractivity (Wildman–Crippen MR) is 227 cm³/mol. The lowest BCUT2D eigenvalue weighted by atomic mass is 10.1. The molecule has 0 spiro atoms. The fraction of sp³-hybridized carbons (Fsp3) is 0.341. The number of fused-ring (bicyclic) bond motifs is 4. The Balaban J connectivity index is 0.000000215. The Bertz CT molecular complexity index is 2340. The van der Waals surface area contributed by atoms with Crippen molar-refractivity contribution in [2.24, 2.45) is 0 Å². The molecule has 6 aromatic rings. The number of esters is 1. The molecule has 0 unspecified atom stereocenters. The zero-order valence-corrected chi connectivity index (χ0v) is 33.5. The highest BCUT2D eigenvalue weighted by molar-refractivity contribution is 7.25. The molecule has 0 aliphatic carbocycles. The van der Waals surface area contributed by atoms with Crippen molar-refractivity contribution in [2.75, 3.05) is 97.4 Å². The Morgan fingerprint density at radius 2 is 1.23 bits per heavy atom. The van der Waals surface area contributed by atoms with Crippen molar-refractivity contribution in [3.63, 3.8) is 0 Å². The number of carbonyl (C=O) groups excluding carboxylic acids is 1. The van der Waals surface area contributed by atoms with Gasteiger partial charge in [-0.15, -0.1) is 22.7 Å². The van der Waals surface area contributed by atoms with Crippen molar-refractivity contribution >= 4 is 86.3 Å². The first-order valence-corrected chi connectivity index (χ1v) is 20.2. The van der Waals surface area contributed by atoms with Crippen LogP contribution in [0.15, 0.2) is 88.5 Å². The molecule has 56 heavy (non-hydrogen) atoms. The van der Waals surface area contributed by atoms with E-state index in [9.17, 15) is 14.4 Å². The Hall–Kier alpha value is -4.22. The van der Waals surface area contributed by atoms with Crippen LogP contribution in [0.25, 0.3) is 40.3 Å². The molecular formula is C41H46ClN3O9S2. The van der Waals surface area contributed by atoms with E-state index in [4.69, 9.17) is 41.5 Å². The summed E-state index contributed by atoms with van der Waals surface area (Å²) in [7, 11) is 1.98. The third-order valence-corrected chi connectivity index (χ3v) is 11.7. The van der Waals surface area contributed by atoms with Crippen LogP contribution in [0.1, 0.15) is 0 Å². The molecule has 0 atom stereocenters. The number of halogens is 1. The van der Waals surface area contributed by atoms with Gasteiger partial charge in [0.15, 0.2) is 17.5 Å². The number of anilines is 1. The van der Waals surface area contributed by atoms with Crippen LogP contribution in [0.2, 0.25) is 5.02 Å². The van der Waals surface area contributed by atoms with Gasteiger partial charge in [-0.3, -0.25) is 19.4 Å². The summed E-state index contributed by atoms with van der Waals surface area (Å²) < 4.78 is 14.2. The summed E-state index contributed by atoms with van der Waals surface area (Å²) in [5.41, 5.74) is 0.854. The van der Waals surface area contributed by atoms with Crippen molar-refractivity contribution in [1.82, 2.24) is 9.80 Å². The van der Waals surface area contributed by atoms with Crippen molar-refractivity contribution in [1.29, 1.82) is 0 Å². The zero-order chi connectivity index (χ0) is 40.0. The van der Waals surface area contributed by atoms with E-state index in [1.54, 1.807) is 40.5 Å². The Kier molecular flexibility index (Phi) is 16.4. The maximum atomic E-state index is 13.0. The number of ether oxygens (including phenoxy) is 2. The van der Waals surface area contributed by atoms with Gasteiger partial charge in [0.2, 0.25) is 0 Å². The van der Waals surface area contributed by atoms with Crippen molar-refractivity contribution < 1.29 is 34.7 Å². The number of aliphatic hydroxyl groups is 4. The summed E-state index contributed by atoms with van der Waals surface area (Å²) in [5.74, 6) is -0.0991. The maximum absolute atomic E-state index is 13.0. The highest BCUT2D eigenvalue weighted by Gasteiger charge is 2.16. The van der Waals surface area contributed by atoms with Crippen LogP contribution in [-0.2, 0) is 9.53 Å². The molecule has 0 aliphatic rings. The van der Waals surface area contributed by atoms with Gasteiger partial charge in [-0.1, -0.05) is 35.9 Å². The fourth-order valence-electron chi connectivity index (χ4n) is 6.14. The molecule has 15 heteroatoms. The number of rotatable bonds is 18. The molecule has 2 aromatic heterocycles. The van der Waals surface area contributed by atoms with Gasteiger partial charge >= 0.3 is 5.97 Å². The minimum Gasteiger partial charge on any atom is -0.482 e. The van der Waals surface area contributed by atoms with Gasteiger partial charge in [0, 0.05) is 83.1 Å². The number of carbonyl (C=O) groups is 1. The quantitative estimate of drug-likeness (QED) is 0.0716. The monoisotopic (exact) mass is 823 g/mol. The van der Waals surface area contributed by atoms with Gasteiger partial charge in [-0.05, 0) is 54.6 Å². The average Bonchev–Trinajstić information content (AvgIpc) is 3.20. The minimum absolute atomic E-state index is 0.0309. The third-order valence-electron chi connectivity index (χ3n) is 9.06. The lowest BCUT2D eigenvalue weighted by molar-refractivity contribution is -0.146. The van der Waals surface area contributed by atoms with Crippen LogP contribution < -0.4 is 20.5 Å². The lowest BCUT2D eigenvalue weighted by Gasteiger charge is -2.26. The van der Waals surface area contributed by atoms with E-state index in [0.29, 0.717) is 78.1 Å². The van der Waals surface area contributed by atoms with E-state index in [2.05, 4.69) is 4.90 Å². The summed E-state index contributed by atoms with van der Waals surface area (Å²) in [6.45, 7) is 3.58. The lowest BCUT2D eigenvalue weighted by Crippen LogP contribution is -2.36. The third kappa shape index (κ3) is 11.0. The largest absolute Gasteiger partial charge is 0.482 e. The summed E-state index contributed by atoms with van der Waals surface area (Å²) in [4.78, 5) is 43.4. The van der Waals surface area contributed by atoms with Crippen LogP contribution in [0, 0.1) is 0 Å². The number of nitrogens with zero attached hydrogens (tertiary/aromatic N) is 3. The van der Waals surface area contributed by atoms with E-state index in [-0.39, 0.29) is 50.5 Å². The van der Waals surface area contributed by atoms with E-state index in [1.807, 2.05) is 66.5 Å². The molecular weight excluding hydrogens is 778 g/mol. The summed E-state index contributed by atoms with van der Waals surface area (Å²) in [5, 5.41) is 39.2. The van der Waals surface area contributed by atoms with Crippen LogP contribution in [0.3, 0.4) is 0 Å². The molecule has 0 saturated carbocycles. The first kappa shape index (κ1) is 42.9. The summed E-state index contributed by atoms with van der Waals surface area (Å²) in [6, 6.07) is 24.0. The van der Waals surface area contributed by atoms with Gasteiger partial charge in [-0.2, -0.15) is 0 Å². The SMILES string of the molecule is CN(CCN(CCO)CCO)c1ccc(Cl)c2c(=O)c3ccccc3sc12.O=C(COc1ccc2sc3ccccc3c(=O)c2c1)OCCN(CCO)CCO. The smallest absolute Gasteiger partial charge is 0.344 e. The molecule has 0 radical (unpaired) electrons. The second-order valence-electron chi connectivity index (χ2n) is 12.8. The van der Waals surface area contributed by atoms with E-state index >= 15 is 0 Å². The second-order valence-corrected chi connectivity index (χ2v) is 15.3. The first-order chi connectivity index (χ1) is 27.2. The number of likely N-dealkylation sites (N-methyl/N-ethyl adjacent to an activating group) is 1. The topological polar surface area (TPSA) is 160 Å². The van der Waals surface area contributed by atoms with Crippen molar-refractivity contribution in [3.05, 3.63) is 104 Å². The van der Waals surface area contributed by atoms with Crippen LogP contribution in [0.4, 0.5) is 5.69 Å². The minimum atomic E-state index is -0.526. The number of hydrogen-bond donors (Lipinski definition) is 4. The van der Waals surface area contributed by atoms with Crippen molar-refractivity contribution in [3.8, 4) is 5.75 Å². The molecule has 12 nitrogen and oxygen atoms in total. The molecule has 0 aliphatic heterocycles. The zero-order valence-electron chi connectivity index (χ0n) is 31.1.